The van der Waals surface area contributed by atoms with Gasteiger partial charge in [-0.1, -0.05) is 0 Å². The van der Waals surface area contributed by atoms with Crippen molar-refractivity contribution >= 4 is 9.84 Å². The van der Waals surface area contributed by atoms with Gasteiger partial charge in [-0.05, 0) is 31.3 Å². The summed E-state index contributed by atoms with van der Waals surface area (Å²) in [6, 6.07) is 6.15. The first kappa shape index (κ1) is 14.4. The minimum Gasteiger partial charge on any atom is -0.438 e. The van der Waals surface area contributed by atoms with Gasteiger partial charge in [-0.3, -0.25) is 4.98 Å². The fourth-order valence-corrected chi connectivity index (χ4v) is 2.17. The molecule has 20 heavy (non-hydrogen) atoms. The first-order chi connectivity index (χ1) is 9.49. The predicted octanol–water partition coefficient (Wildman–Crippen LogP) is 1.39. The summed E-state index contributed by atoms with van der Waals surface area (Å²) >= 11 is 0. The van der Waals surface area contributed by atoms with Crippen LogP contribution in [-0.2, 0) is 16.4 Å². The molecule has 7 heteroatoms. The van der Waals surface area contributed by atoms with Gasteiger partial charge in [-0.25, -0.2) is 13.4 Å². The Bertz CT molecular complexity index is 667. The average Bonchev–Trinajstić information content (AvgIpc) is 2.41. The van der Waals surface area contributed by atoms with Crippen LogP contribution in [0.5, 0.6) is 11.6 Å². The van der Waals surface area contributed by atoms with Crippen molar-refractivity contribution in [3.8, 4) is 11.6 Å². The fraction of sp³-hybridized carbons (Fsp3) is 0.231. The topological polar surface area (TPSA) is 81.2 Å². The minimum atomic E-state index is -3.19. The van der Waals surface area contributed by atoms with Gasteiger partial charge >= 0.3 is 0 Å². The van der Waals surface area contributed by atoms with Crippen LogP contribution < -0.4 is 10.1 Å². The highest BCUT2D eigenvalue weighted by Crippen LogP contribution is 2.20. The monoisotopic (exact) mass is 293 g/mol. The van der Waals surface area contributed by atoms with Crippen LogP contribution in [0.4, 0.5) is 0 Å². The van der Waals surface area contributed by atoms with E-state index in [1.807, 2.05) is 7.05 Å². The Morgan fingerprint density at radius 3 is 2.35 bits per heavy atom. The van der Waals surface area contributed by atoms with Crippen molar-refractivity contribution in [2.75, 3.05) is 13.3 Å². The third kappa shape index (κ3) is 3.75. The van der Waals surface area contributed by atoms with Gasteiger partial charge in [-0.2, -0.15) is 0 Å². The molecule has 6 nitrogen and oxygen atoms in total. The van der Waals surface area contributed by atoms with Crippen LogP contribution in [-0.4, -0.2) is 31.7 Å². The van der Waals surface area contributed by atoms with Crippen molar-refractivity contribution in [1.82, 2.24) is 15.3 Å². The third-order valence-electron chi connectivity index (χ3n) is 2.51. The van der Waals surface area contributed by atoms with Crippen molar-refractivity contribution in [2.24, 2.45) is 0 Å². The van der Waals surface area contributed by atoms with E-state index in [0.29, 0.717) is 18.2 Å². The highest BCUT2D eigenvalue weighted by molar-refractivity contribution is 7.90. The molecule has 1 N–H and O–H groups in total. The van der Waals surface area contributed by atoms with Gasteiger partial charge < -0.3 is 10.1 Å². The van der Waals surface area contributed by atoms with Gasteiger partial charge in [0.05, 0.1) is 23.0 Å². The summed E-state index contributed by atoms with van der Waals surface area (Å²) in [5.41, 5.74) is 0.812. The first-order valence-corrected chi connectivity index (χ1v) is 7.81. The van der Waals surface area contributed by atoms with E-state index in [9.17, 15) is 8.42 Å². The normalized spacial score (nSPS) is 11.3. The molecule has 0 saturated heterocycles. The molecule has 1 aromatic heterocycles. The Balaban J connectivity index is 2.10. The van der Waals surface area contributed by atoms with Gasteiger partial charge in [0.1, 0.15) is 5.75 Å². The molecular weight excluding hydrogens is 278 g/mol. The Kier molecular flexibility index (Phi) is 4.31. The summed E-state index contributed by atoms with van der Waals surface area (Å²) in [5, 5.41) is 2.97. The lowest BCUT2D eigenvalue weighted by Crippen LogP contribution is -2.07. The Morgan fingerprint density at radius 2 is 1.85 bits per heavy atom. The van der Waals surface area contributed by atoms with E-state index in [2.05, 4.69) is 15.3 Å². The van der Waals surface area contributed by atoms with Crippen molar-refractivity contribution < 1.29 is 13.2 Å². The number of sulfone groups is 1. The van der Waals surface area contributed by atoms with Crippen LogP contribution in [0.1, 0.15) is 5.69 Å². The molecule has 1 heterocycles. The number of hydrogen-bond acceptors (Lipinski definition) is 6. The molecule has 0 aliphatic rings. The van der Waals surface area contributed by atoms with Crippen LogP contribution in [0.25, 0.3) is 0 Å². The number of ether oxygens (including phenoxy) is 1. The molecule has 106 valence electrons. The van der Waals surface area contributed by atoms with Crippen LogP contribution in [0, 0.1) is 0 Å². The van der Waals surface area contributed by atoms with E-state index in [1.165, 1.54) is 18.3 Å². The zero-order valence-corrected chi connectivity index (χ0v) is 12.0. The fourth-order valence-electron chi connectivity index (χ4n) is 1.54. The molecule has 0 atom stereocenters. The van der Waals surface area contributed by atoms with Crippen molar-refractivity contribution in [2.45, 2.75) is 11.4 Å². The molecule has 1 aromatic carbocycles. The number of benzene rings is 1. The minimum absolute atomic E-state index is 0.250. The van der Waals surface area contributed by atoms with Gasteiger partial charge in [0.15, 0.2) is 9.84 Å². The second kappa shape index (κ2) is 5.98. The van der Waals surface area contributed by atoms with E-state index in [-0.39, 0.29) is 4.90 Å². The van der Waals surface area contributed by atoms with Gasteiger partial charge in [0.2, 0.25) is 5.88 Å². The Labute approximate surface area is 117 Å². The second-order valence-corrected chi connectivity index (χ2v) is 6.24. The van der Waals surface area contributed by atoms with E-state index < -0.39 is 9.84 Å². The zero-order chi connectivity index (χ0) is 14.6. The summed E-state index contributed by atoms with van der Waals surface area (Å²) < 4.78 is 28.2. The van der Waals surface area contributed by atoms with Crippen LogP contribution in [0.3, 0.4) is 0 Å². The lowest BCUT2D eigenvalue weighted by Gasteiger charge is -2.06. The lowest BCUT2D eigenvalue weighted by atomic mass is 10.3. The Morgan fingerprint density at radius 1 is 1.15 bits per heavy atom. The van der Waals surface area contributed by atoms with Gasteiger partial charge in [0, 0.05) is 12.8 Å². The second-order valence-electron chi connectivity index (χ2n) is 4.22. The molecule has 0 unspecified atom stereocenters. The average molecular weight is 293 g/mol. The van der Waals surface area contributed by atoms with Crippen LogP contribution in [0.15, 0.2) is 41.6 Å². The maximum atomic E-state index is 11.3. The first-order valence-electron chi connectivity index (χ1n) is 5.92. The number of aromatic nitrogens is 2. The third-order valence-corrected chi connectivity index (χ3v) is 3.64. The maximum Gasteiger partial charge on any atom is 0.237 e. The number of nitrogens with zero attached hydrogens (tertiary/aromatic N) is 2. The van der Waals surface area contributed by atoms with Crippen LogP contribution >= 0.6 is 0 Å². The lowest BCUT2D eigenvalue weighted by molar-refractivity contribution is 0.458. The molecule has 2 aromatic rings. The predicted molar refractivity (Wildman–Crippen MR) is 74.4 cm³/mol. The summed E-state index contributed by atoms with van der Waals surface area (Å²) in [4.78, 5) is 8.55. The molecule has 0 aliphatic carbocycles. The highest BCUT2D eigenvalue weighted by Gasteiger charge is 2.07. The van der Waals surface area contributed by atoms with E-state index in [1.54, 1.807) is 18.3 Å². The number of nitrogens with one attached hydrogen (secondary N) is 1. The Hall–Kier alpha value is -1.99. The molecule has 0 radical (unpaired) electrons. The van der Waals surface area contributed by atoms with Crippen molar-refractivity contribution in [3.05, 3.63) is 42.4 Å². The number of rotatable bonds is 5. The standard InChI is InChI=1S/C13H15N3O3S/c1-14-7-10-8-16-13(9-15-10)19-11-3-5-12(6-4-11)20(2,17)18/h3-6,8-9,14H,7H2,1-2H3. The van der Waals surface area contributed by atoms with Crippen LogP contribution in [0.2, 0.25) is 0 Å². The van der Waals surface area contributed by atoms with E-state index in [0.717, 1.165) is 11.9 Å². The summed E-state index contributed by atoms with van der Waals surface area (Å²) in [5.74, 6) is 0.866. The molecule has 0 amide bonds. The quantitative estimate of drug-likeness (QED) is 0.897. The van der Waals surface area contributed by atoms with Crippen molar-refractivity contribution in [1.29, 1.82) is 0 Å². The van der Waals surface area contributed by atoms with E-state index >= 15 is 0 Å². The molecule has 0 spiro atoms. The van der Waals surface area contributed by atoms with Crippen molar-refractivity contribution in [3.63, 3.8) is 0 Å². The SMILES string of the molecule is CNCc1cnc(Oc2ccc(S(C)(=O)=O)cc2)cn1. The summed E-state index contributed by atoms with van der Waals surface area (Å²) in [7, 11) is -1.37. The molecule has 0 fully saturated rings. The molecule has 0 aliphatic heterocycles. The van der Waals surface area contributed by atoms with E-state index in [4.69, 9.17) is 4.74 Å². The smallest absolute Gasteiger partial charge is 0.237 e. The zero-order valence-electron chi connectivity index (χ0n) is 11.2. The molecule has 0 saturated carbocycles. The summed E-state index contributed by atoms with van der Waals surface area (Å²) in [6.45, 7) is 0.635. The molecule has 0 bridgehead atoms. The largest absolute Gasteiger partial charge is 0.438 e. The summed E-state index contributed by atoms with van der Waals surface area (Å²) in [6.07, 6.45) is 4.31. The molecule has 2 rings (SSSR count). The molecular formula is C13H15N3O3S. The number of hydrogen-bond donors (Lipinski definition) is 1. The maximum absolute atomic E-state index is 11.3. The van der Waals surface area contributed by atoms with Gasteiger partial charge in [-0.15, -0.1) is 0 Å². The van der Waals surface area contributed by atoms with Gasteiger partial charge in [0.25, 0.3) is 0 Å². The highest BCUT2D eigenvalue weighted by atomic mass is 32.2.